The molecular formula is C19H20. The van der Waals surface area contributed by atoms with E-state index in [2.05, 4.69) is 75.4 Å². The standard InChI is InChI=1S/C19H20/c1-13(2)17-18(15-10-5-4-6-11-15)19(17)16-12-8-7-9-14(16)3/h4-13,18H,1-3H3. The molecule has 0 spiro atoms. The summed E-state index contributed by atoms with van der Waals surface area (Å²) in [5, 5.41) is 0. The molecule has 0 radical (unpaired) electrons. The van der Waals surface area contributed by atoms with Crippen LogP contribution in [-0.4, -0.2) is 0 Å². The topological polar surface area (TPSA) is 0 Å². The highest BCUT2D eigenvalue weighted by atomic mass is 14.4. The second-order valence-corrected chi connectivity index (χ2v) is 5.68. The lowest BCUT2D eigenvalue weighted by molar-refractivity contribution is 0.775. The third-order valence-corrected chi connectivity index (χ3v) is 4.02. The van der Waals surface area contributed by atoms with E-state index in [9.17, 15) is 0 Å². The SMILES string of the molecule is Cc1ccccc1C1=C(C(C)C)C1c1ccccc1. The normalized spacial score (nSPS) is 18.0. The summed E-state index contributed by atoms with van der Waals surface area (Å²) in [6, 6.07) is 19.6. The summed E-state index contributed by atoms with van der Waals surface area (Å²) in [5.41, 5.74) is 7.42. The molecule has 0 aliphatic heterocycles. The van der Waals surface area contributed by atoms with Crippen LogP contribution in [0.15, 0.2) is 60.2 Å². The van der Waals surface area contributed by atoms with Crippen LogP contribution in [-0.2, 0) is 0 Å². The van der Waals surface area contributed by atoms with Crippen molar-refractivity contribution in [2.45, 2.75) is 26.7 Å². The second-order valence-electron chi connectivity index (χ2n) is 5.68. The molecule has 0 bridgehead atoms. The van der Waals surface area contributed by atoms with Crippen LogP contribution in [0.4, 0.5) is 0 Å². The Bertz CT molecular complexity index is 617. The van der Waals surface area contributed by atoms with E-state index in [1.807, 2.05) is 0 Å². The van der Waals surface area contributed by atoms with Gasteiger partial charge >= 0.3 is 0 Å². The van der Waals surface area contributed by atoms with Crippen LogP contribution in [0.3, 0.4) is 0 Å². The predicted octanol–water partition coefficient (Wildman–Crippen LogP) is 5.20. The van der Waals surface area contributed by atoms with Gasteiger partial charge in [0.25, 0.3) is 0 Å². The van der Waals surface area contributed by atoms with E-state index in [0.717, 1.165) is 0 Å². The molecule has 0 nitrogen and oxygen atoms in total. The third kappa shape index (κ3) is 2.12. The van der Waals surface area contributed by atoms with Crippen molar-refractivity contribution in [2.75, 3.05) is 0 Å². The van der Waals surface area contributed by atoms with Crippen LogP contribution < -0.4 is 0 Å². The molecule has 1 aliphatic carbocycles. The van der Waals surface area contributed by atoms with Gasteiger partial charge in [0.05, 0.1) is 0 Å². The smallest absolute Gasteiger partial charge is 0.0313 e. The number of rotatable bonds is 3. The Kier molecular flexibility index (Phi) is 3.02. The Morgan fingerprint density at radius 2 is 1.47 bits per heavy atom. The van der Waals surface area contributed by atoms with Gasteiger partial charge in [-0.15, -0.1) is 0 Å². The van der Waals surface area contributed by atoms with Gasteiger partial charge in [-0.2, -0.15) is 0 Å². The van der Waals surface area contributed by atoms with Crippen molar-refractivity contribution in [3.63, 3.8) is 0 Å². The van der Waals surface area contributed by atoms with Gasteiger partial charge in [0, 0.05) is 5.92 Å². The van der Waals surface area contributed by atoms with Gasteiger partial charge in [-0.3, -0.25) is 0 Å². The van der Waals surface area contributed by atoms with Crippen molar-refractivity contribution >= 4 is 5.57 Å². The number of hydrogen-bond acceptors (Lipinski definition) is 0. The zero-order valence-corrected chi connectivity index (χ0v) is 11.9. The Balaban J connectivity index is 2.02. The van der Waals surface area contributed by atoms with Gasteiger partial charge < -0.3 is 0 Å². The summed E-state index contributed by atoms with van der Waals surface area (Å²) >= 11 is 0. The molecule has 2 aromatic rings. The molecule has 0 heteroatoms. The molecule has 1 atom stereocenters. The number of aryl methyl sites for hydroxylation is 1. The fraction of sp³-hybridized carbons (Fsp3) is 0.263. The minimum atomic E-state index is 0.544. The van der Waals surface area contributed by atoms with Gasteiger partial charge in [-0.1, -0.05) is 74.0 Å². The van der Waals surface area contributed by atoms with Crippen molar-refractivity contribution in [3.8, 4) is 0 Å². The first kappa shape index (κ1) is 12.2. The molecular weight excluding hydrogens is 228 g/mol. The molecule has 1 aliphatic rings. The average Bonchev–Trinajstić information content (AvgIpc) is 3.15. The fourth-order valence-electron chi connectivity index (χ4n) is 3.06. The van der Waals surface area contributed by atoms with Crippen molar-refractivity contribution < 1.29 is 0 Å². The minimum absolute atomic E-state index is 0.544. The van der Waals surface area contributed by atoms with Crippen molar-refractivity contribution in [3.05, 3.63) is 76.9 Å². The lowest BCUT2D eigenvalue weighted by Crippen LogP contribution is -1.89. The zero-order valence-electron chi connectivity index (χ0n) is 11.9. The Hall–Kier alpha value is -1.82. The first-order valence-electron chi connectivity index (χ1n) is 7.05. The van der Waals surface area contributed by atoms with Gasteiger partial charge in [-0.25, -0.2) is 0 Å². The molecule has 19 heavy (non-hydrogen) atoms. The molecule has 0 saturated heterocycles. The largest absolute Gasteiger partial charge is 0.0622 e. The first-order valence-corrected chi connectivity index (χ1v) is 7.05. The highest BCUT2D eigenvalue weighted by Gasteiger charge is 2.40. The number of hydrogen-bond donors (Lipinski definition) is 0. The molecule has 0 heterocycles. The molecule has 2 aromatic carbocycles. The Morgan fingerprint density at radius 1 is 0.842 bits per heavy atom. The predicted molar refractivity (Wildman–Crippen MR) is 82.1 cm³/mol. The van der Waals surface area contributed by atoms with E-state index in [-0.39, 0.29) is 0 Å². The van der Waals surface area contributed by atoms with E-state index in [1.54, 1.807) is 11.1 Å². The second kappa shape index (κ2) is 4.70. The van der Waals surface area contributed by atoms with Gasteiger partial charge in [-0.05, 0) is 35.1 Å². The average molecular weight is 248 g/mol. The van der Waals surface area contributed by atoms with E-state index in [4.69, 9.17) is 0 Å². The molecule has 3 rings (SSSR count). The number of benzene rings is 2. The van der Waals surface area contributed by atoms with E-state index in [1.165, 1.54) is 16.7 Å². The van der Waals surface area contributed by atoms with Crippen molar-refractivity contribution in [1.82, 2.24) is 0 Å². The van der Waals surface area contributed by atoms with Gasteiger partial charge in [0.15, 0.2) is 0 Å². The maximum atomic E-state index is 2.30. The fourth-order valence-corrected chi connectivity index (χ4v) is 3.06. The van der Waals surface area contributed by atoms with Crippen molar-refractivity contribution in [1.29, 1.82) is 0 Å². The lowest BCUT2D eigenvalue weighted by Gasteiger charge is -2.05. The Morgan fingerprint density at radius 3 is 2.11 bits per heavy atom. The summed E-state index contributed by atoms with van der Waals surface area (Å²) in [7, 11) is 0. The minimum Gasteiger partial charge on any atom is -0.0622 e. The van der Waals surface area contributed by atoms with Crippen LogP contribution in [0.25, 0.3) is 5.57 Å². The summed E-state index contributed by atoms with van der Waals surface area (Å²) in [4.78, 5) is 0. The van der Waals surface area contributed by atoms with Crippen LogP contribution in [0.5, 0.6) is 0 Å². The summed E-state index contributed by atoms with van der Waals surface area (Å²) in [6.07, 6.45) is 0. The molecule has 0 fully saturated rings. The van der Waals surface area contributed by atoms with Crippen LogP contribution in [0.1, 0.15) is 36.5 Å². The maximum Gasteiger partial charge on any atom is 0.0313 e. The monoisotopic (exact) mass is 248 g/mol. The molecule has 0 amide bonds. The summed E-state index contributed by atoms with van der Waals surface area (Å²) in [6.45, 7) is 6.81. The van der Waals surface area contributed by atoms with E-state index < -0.39 is 0 Å². The molecule has 0 aromatic heterocycles. The molecule has 96 valence electrons. The first-order chi connectivity index (χ1) is 9.20. The summed E-state index contributed by atoms with van der Waals surface area (Å²) in [5.74, 6) is 1.17. The highest BCUT2D eigenvalue weighted by Crippen LogP contribution is 2.57. The Labute approximate surface area is 115 Å². The molecule has 0 saturated carbocycles. The maximum absolute atomic E-state index is 2.30. The molecule has 1 unspecified atom stereocenters. The summed E-state index contributed by atoms with van der Waals surface area (Å²) < 4.78 is 0. The van der Waals surface area contributed by atoms with Crippen molar-refractivity contribution in [2.24, 2.45) is 5.92 Å². The van der Waals surface area contributed by atoms with Crippen LogP contribution >= 0.6 is 0 Å². The zero-order chi connectivity index (χ0) is 13.4. The number of allylic oxidation sites excluding steroid dienone is 2. The van der Waals surface area contributed by atoms with Gasteiger partial charge in [0.1, 0.15) is 0 Å². The third-order valence-electron chi connectivity index (χ3n) is 4.02. The lowest BCUT2D eigenvalue weighted by atomic mass is 9.99. The quantitative estimate of drug-likeness (QED) is 0.700. The van der Waals surface area contributed by atoms with E-state index in [0.29, 0.717) is 11.8 Å². The molecule has 0 N–H and O–H groups in total. The van der Waals surface area contributed by atoms with Crippen LogP contribution in [0.2, 0.25) is 0 Å². The van der Waals surface area contributed by atoms with Crippen LogP contribution in [0, 0.1) is 12.8 Å². The van der Waals surface area contributed by atoms with E-state index >= 15 is 0 Å². The highest BCUT2D eigenvalue weighted by molar-refractivity contribution is 5.92. The van der Waals surface area contributed by atoms with Gasteiger partial charge in [0.2, 0.25) is 0 Å².